The van der Waals surface area contributed by atoms with Gasteiger partial charge in [-0.25, -0.2) is 5.48 Å². The molecule has 19 heavy (non-hydrogen) atoms. The predicted octanol–water partition coefficient (Wildman–Crippen LogP) is -0.299. The monoisotopic (exact) mass is 266 g/mol. The van der Waals surface area contributed by atoms with E-state index in [1.807, 2.05) is 12.1 Å². The van der Waals surface area contributed by atoms with Crippen LogP contribution in [0.2, 0.25) is 0 Å². The maximum atomic E-state index is 11.5. The third kappa shape index (κ3) is 5.94. The van der Waals surface area contributed by atoms with Gasteiger partial charge in [0.15, 0.2) is 0 Å². The first kappa shape index (κ1) is 15.1. The molecule has 1 heterocycles. The van der Waals surface area contributed by atoms with Crippen LogP contribution in [-0.2, 0) is 16.1 Å². The van der Waals surface area contributed by atoms with E-state index in [1.54, 1.807) is 12.3 Å². The SMILES string of the molecule is N[C@@H](CCCC(=O)NCc1ccccn1)C(=O)NO. The summed E-state index contributed by atoms with van der Waals surface area (Å²) < 4.78 is 0. The van der Waals surface area contributed by atoms with Crippen molar-refractivity contribution in [3.05, 3.63) is 30.1 Å². The highest BCUT2D eigenvalue weighted by molar-refractivity contribution is 5.80. The summed E-state index contributed by atoms with van der Waals surface area (Å²) in [5, 5.41) is 11.1. The van der Waals surface area contributed by atoms with Crippen LogP contribution in [0.3, 0.4) is 0 Å². The zero-order valence-electron chi connectivity index (χ0n) is 10.5. The average Bonchev–Trinajstić information content (AvgIpc) is 2.45. The van der Waals surface area contributed by atoms with Crippen molar-refractivity contribution in [2.45, 2.75) is 31.8 Å². The molecule has 0 aliphatic carbocycles. The van der Waals surface area contributed by atoms with E-state index >= 15 is 0 Å². The lowest BCUT2D eigenvalue weighted by Crippen LogP contribution is -2.39. The van der Waals surface area contributed by atoms with Crippen LogP contribution in [0.1, 0.15) is 25.0 Å². The Morgan fingerprint density at radius 3 is 2.84 bits per heavy atom. The quantitative estimate of drug-likeness (QED) is 0.399. The number of aromatic nitrogens is 1. The number of hydrogen-bond donors (Lipinski definition) is 4. The first-order valence-electron chi connectivity index (χ1n) is 5.99. The molecular weight excluding hydrogens is 248 g/mol. The minimum absolute atomic E-state index is 0.123. The first-order chi connectivity index (χ1) is 9.13. The number of pyridine rings is 1. The molecule has 104 valence electrons. The molecule has 0 bridgehead atoms. The molecule has 0 saturated carbocycles. The number of carbonyl (C=O) groups is 2. The van der Waals surface area contributed by atoms with Gasteiger partial charge in [0.2, 0.25) is 5.91 Å². The van der Waals surface area contributed by atoms with Crippen LogP contribution in [0.15, 0.2) is 24.4 Å². The Hall–Kier alpha value is -1.99. The van der Waals surface area contributed by atoms with Crippen LogP contribution in [0, 0.1) is 0 Å². The Kier molecular flexibility index (Phi) is 6.48. The molecular formula is C12H18N4O3. The lowest BCUT2D eigenvalue weighted by Gasteiger charge is -2.09. The highest BCUT2D eigenvalue weighted by Crippen LogP contribution is 2.00. The first-order valence-corrected chi connectivity index (χ1v) is 5.99. The number of nitrogens with two attached hydrogens (primary N) is 1. The Bertz CT molecular complexity index is 411. The summed E-state index contributed by atoms with van der Waals surface area (Å²) in [6.07, 6.45) is 2.75. The van der Waals surface area contributed by atoms with Crippen molar-refractivity contribution in [3.63, 3.8) is 0 Å². The van der Waals surface area contributed by atoms with Gasteiger partial charge < -0.3 is 11.1 Å². The molecule has 0 spiro atoms. The number of hydrogen-bond acceptors (Lipinski definition) is 5. The number of carbonyl (C=O) groups excluding carboxylic acids is 2. The van der Waals surface area contributed by atoms with Gasteiger partial charge in [0.05, 0.1) is 18.3 Å². The van der Waals surface area contributed by atoms with E-state index in [-0.39, 0.29) is 12.3 Å². The van der Waals surface area contributed by atoms with E-state index in [4.69, 9.17) is 10.9 Å². The van der Waals surface area contributed by atoms with Crippen molar-refractivity contribution in [3.8, 4) is 0 Å². The molecule has 1 atom stereocenters. The molecule has 1 rings (SSSR count). The van der Waals surface area contributed by atoms with E-state index in [9.17, 15) is 9.59 Å². The smallest absolute Gasteiger partial charge is 0.260 e. The van der Waals surface area contributed by atoms with Gasteiger partial charge in [-0.1, -0.05) is 6.07 Å². The van der Waals surface area contributed by atoms with Gasteiger partial charge in [0.25, 0.3) is 5.91 Å². The van der Waals surface area contributed by atoms with E-state index < -0.39 is 11.9 Å². The molecule has 7 nitrogen and oxygen atoms in total. The fourth-order valence-electron chi connectivity index (χ4n) is 1.48. The standard InChI is InChI=1S/C12H18N4O3/c13-10(12(18)16-19)5-3-6-11(17)15-8-9-4-1-2-7-14-9/h1-2,4,7,10,19H,3,5-6,8,13H2,(H,15,17)(H,16,18)/t10-/m0/s1. The van der Waals surface area contributed by atoms with Gasteiger partial charge in [-0.05, 0) is 25.0 Å². The van der Waals surface area contributed by atoms with Crippen LogP contribution in [0.25, 0.3) is 0 Å². The fourth-order valence-corrected chi connectivity index (χ4v) is 1.48. The Balaban J connectivity index is 2.16. The number of hydroxylamine groups is 1. The molecule has 2 amide bonds. The van der Waals surface area contributed by atoms with Crippen molar-refractivity contribution in [2.75, 3.05) is 0 Å². The second-order valence-corrected chi connectivity index (χ2v) is 4.07. The van der Waals surface area contributed by atoms with Gasteiger partial charge in [-0.15, -0.1) is 0 Å². The third-order valence-electron chi connectivity index (χ3n) is 2.56. The number of nitrogens with one attached hydrogen (secondary N) is 2. The Morgan fingerprint density at radius 1 is 1.42 bits per heavy atom. The molecule has 0 aliphatic rings. The zero-order valence-corrected chi connectivity index (χ0v) is 10.5. The van der Waals surface area contributed by atoms with E-state index in [2.05, 4.69) is 10.3 Å². The van der Waals surface area contributed by atoms with Crippen LogP contribution in [0.5, 0.6) is 0 Å². The zero-order chi connectivity index (χ0) is 14.1. The van der Waals surface area contributed by atoms with Gasteiger partial charge in [-0.3, -0.25) is 19.8 Å². The minimum atomic E-state index is -0.798. The van der Waals surface area contributed by atoms with Crippen LogP contribution >= 0.6 is 0 Å². The minimum Gasteiger partial charge on any atom is -0.350 e. The van der Waals surface area contributed by atoms with E-state index in [1.165, 1.54) is 5.48 Å². The lowest BCUT2D eigenvalue weighted by molar-refractivity contribution is -0.131. The second kappa shape index (κ2) is 8.17. The van der Waals surface area contributed by atoms with Crippen molar-refractivity contribution >= 4 is 11.8 Å². The predicted molar refractivity (Wildman–Crippen MR) is 67.8 cm³/mol. The number of nitrogens with zero attached hydrogens (tertiary/aromatic N) is 1. The fraction of sp³-hybridized carbons (Fsp3) is 0.417. The molecule has 1 aromatic rings. The van der Waals surface area contributed by atoms with E-state index in [0.717, 1.165) is 5.69 Å². The maximum Gasteiger partial charge on any atom is 0.260 e. The second-order valence-electron chi connectivity index (χ2n) is 4.07. The van der Waals surface area contributed by atoms with Crippen LogP contribution < -0.4 is 16.5 Å². The van der Waals surface area contributed by atoms with Crippen molar-refractivity contribution < 1.29 is 14.8 Å². The van der Waals surface area contributed by atoms with Crippen LogP contribution in [0.4, 0.5) is 0 Å². The summed E-state index contributed by atoms with van der Waals surface area (Å²) in [6, 6.07) is 4.68. The van der Waals surface area contributed by atoms with Gasteiger partial charge >= 0.3 is 0 Å². The molecule has 1 aromatic heterocycles. The van der Waals surface area contributed by atoms with E-state index in [0.29, 0.717) is 19.4 Å². The summed E-state index contributed by atoms with van der Waals surface area (Å²) in [7, 11) is 0. The number of amides is 2. The molecule has 0 saturated heterocycles. The summed E-state index contributed by atoms with van der Waals surface area (Å²) in [6.45, 7) is 0.378. The van der Waals surface area contributed by atoms with Crippen molar-refractivity contribution in [2.24, 2.45) is 5.73 Å². The van der Waals surface area contributed by atoms with Crippen LogP contribution in [-0.4, -0.2) is 28.0 Å². The summed E-state index contributed by atoms with van der Waals surface area (Å²) in [5.74, 6) is -0.767. The normalized spacial score (nSPS) is 11.7. The maximum absolute atomic E-state index is 11.5. The summed E-state index contributed by atoms with van der Waals surface area (Å²) in [4.78, 5) is 26.5. The molecule has 0 aromatic carbocycles. The van der Waals surface area contributed by atoms with Crippen molar-refractivity contribution in [1.29, 1.82) is 0 Å². The Morgan fingerprint density at radius 2 is 2.21 bits per heavy atom. The topological polar surface area (TPSA) is 117 Å². The highest BCUT2D eigenvalue weighted by atomic mass is 16.5. The van der Waals surface area contributed by atoms with Gasteiger partial charge in [-0.2, -0.15) is 0 Å². The number of rotatable bonds is 7. The molecule has 5 N–H and O–H groups in total. The molecule has 7 heteroatoms. The lowest BCUT2D eigenvalue weighted by atomic mass is 10.1. The molecule has 0 fully saturated rings. The third-order valence-corrected chi connectivity index (χ3v) is 2.56. The van der Waals surface area contributed by atoms with Gasteiger partial charge in [0, 0.05) is 12.6 Å². The largest absolute Gasteiger partial charge is 0.350 e. The molecule has 0 radical (unpaired) electrons. The summed E-state index contributed by atoms with van der Waals surface area (Å²) in [5.41, 5.74) is 7.73. The van der Waals surface area contributed by atoms with Crippen molar-refractivity contribution in [1.82, 2.24) is 15.8 Å². The summed E-state index contributed by atoms with van der Waals surface area (Å²) >= 11 is 0. The Labute approximate surface area is 111 Å². The molecule has 0 aliphatic heterocycles. The average molecular weight is 266 g/mol. The molecule has 0 unspecified atom stereocenters. The highest BCUT2D eigenvalue weighted by Gasteiger charge is 2.12. The van der Waals surface area contributed by atoms with Gasteiger partial charge in [0.1, 0.15) is 0 Å².